The zero-order valence-corrected chi connectivity index (χ0v) is 19.8. The number of thioether (sulfide) groups is 1. The van der Waals surface area contributed by atoms with Crippen molar-refractivity contribution in [2.45, 2.75) is 0 Å². The molecule has 0 radical (unpaired) electrons. The molecule has 2 aromatic carbocycles. The molecule has 0 bridgehead atoms. The number of rotatable bonds is 7. The topological polar surface area (TPSA) is 107 Å². The number of benzene rings is 2. The number of anilines is 1. The zero-order chi connectivity index (χ0) is 24.1. The molecule has 2 heterocycles. The number of carbonyl (C=O) groups is 2. The first kappa shape index (κ1) is 23.5. The number of primary amides is 1. The lowest BCUT2D eigenvalue weighted by Gasteiger charge is -2.36. The van der Waals surface area contributed by atoms with E-state index in [-0.39, 0.29) is 12.5 Å². The molecule has 10 heteroatoms. The molecule has 2 aliphatic rings. The lowest BCUT2D eigenvalue weighted by molar-refractivity contribution is -0.120. The Balaban J connectivity index is 1.38. The normalized spacial score (nSPS) is 17.1. The predicted octanol–water partition coefficient (Wildman–Crippen LogP) is 2.36. The van der Waals surface area contributed by atoms with Gasteiger partial charge in [-0.25, -0.2) is 0 Å². The minimum atomic E-state index is -0.573. The lowest BCUT2D eigenvalue weighted by atomic mass is 10.2. The van der Waals surface area contributed by atoms with Crippen LogP contribution >= 0.6 is 11.8 Å². The number of hydrogen-bond donors (Lipinski definition) is 1. The highest BCUT2D eigenvalue weighted by Gasteiger charge is 2.28. The Morgan fingerprint density at radius 1 is 1.03 bits per heavy atom. The average molecular weight is 483 g/mol. The van der Waals surface area contributed by atoms with Gasteiger partial charge >= 0.3 is 0 Å². The van der Waals surface area contributed by atoms with E-state index >= 15 is 0 Å². The van der Waals surface area contributed by atoms with E-state index < -0.39 is 5.91 Å². The van der Waals surface area contributed by atoms with Gasteiger partial charge in [0.25, 0.3) is 11.8 Å². The number of methoxy groups -OCH3 is 2. The fourth-order valence-corrected chi connectivity index (χ4v) is 4.64. The predicted molar refractivity (Wildman–Crippen MR) is 132 cm³/mol. The molecular weight excluding hydrogens is 456 g/mol. The smallest absolute Gasteiger partial charge is 0.286 e. The minimum Gasteiger partial charge on any atom is -0.497 e. The van der Waals surface area contributed by atoms with Crippen LogP contribution in [0.5, 0.6) is 17.2 Å². The Hall–Kier alpha value is -3.66. The van der Waals surface area contributed by atoms with Crippen LogP contribution in [0.25, 0.3) is 6.08 Å². The maximum atomic E-state index is 12.5. The van der Waals surface area contributed by atoms with Crippen molar-refractivity contribution in [2.24, 2.45) is 10.7 Å². The summed E-state index contributed by atoms with van der Waals surface area (Å²) in [7, 11) is 3.16. The highest BCUT2D eigenvalue weighted by molar-refractivity contribution is 8.18. The van der Waals surface area contributed by atoms with Gasteiger partial charge in [0.05, 0.1) is 19.1 Å². The molecule has 0 aromatic heterocycles. The third-order valence-electron chi connectivity index (χ3n) is 5.45. The molecule has 4 rings (SSSR count). The minimum absolute atomic E-state index is 0.242. The van der Waals surface area contributed by atoms with E-state index in [1.807, 2.05) is 12.1 Å². The van der Waals surface area contributed by atoms with Gasteiger partial charge in [-0.3, -0.25) is 9.59 Å². The maximum absolute atomic E-state index is 12.5. The quantitative estimate of drug-likeness (QED) is 0.600. The second kappa shape index (κ2) is 10.5. The van der Waals surface area contributed by atoms with E-state index in [4.69, 9.17) is 19.9 Å². The molecule has 0 atom stereocenters. The Morgan fingerprint density at radius 2 is 1.74 bits per heavy atom. The van der Waals surface area contributed by atoms with Crippen molar-refractivity contribution in [3.8, 4) is 17.2 Å². The van der Waals surface area contributed by atoms with Crippen molar-refractivity contribution in [1.82, 2.24) is 4.90 Å². The molecule has 34 heavy (non-hydrogen) atoms. The number of nitrogens with zero attached hydrogens (tertiary/aromatic N) is 3. The SMILES string of the molecule is COc1ccc(N2CCN(C3=NC(=O)/C(=C/c4ccc(OCC(N)=O)c(OC)c4)S3)CC2)cc1. The van der Waals surface area contributed by atoms with Gasteiger partial charge in [-0.1, -0.05) is 6.07 Å². The largest absolute Gasteiger partial charge is 0.497 e. The van der Waals surface area contributed by atoms with E-state index in [1.165, 1.54) is 18.9 Å². The summed E-state index contributed by atoms with van der Waals surface area (Å²) in [5.74, 6) is 0.853. The molecular formula is C24H26N4O5S. The maximum Gasteiger partial charge on any atom is 0.286 e. The molecule has 0 saturated carbocycles. The first-order valence-corrected chi connectivity index (χ1v) is 11.5. The molecule has 2 amide bonds. The number of aliphatic imine (C=N–C) groups is 1. The van der Waals surface area contributed by atoms with E-state index in [2.05, 4.69) is 26.9 Å². The monoisotopic (exact) mass is 482 g/mol. The fraction of sp³-hybridized carbons (Fsp3) is 0.292. The van der Waals surface area contributed by atoms with E-state index in [9.17, 15) is 9.59 Å². The van der Waals surface area contributed by atoms with Crippen LogP contribution in [0, 0.1) is 0 Å². The highest BCUT2D eigenvalue weighted by Crippen LogP contribution is 2.34. The molecule has 9 nitrogen and oxygen atoms in total. The third kappa shape index (κ3) is 5.45. The number of amidine groups is 1. The summed E-state index contributed by atoms with van der Waals surface area (Å²) in [5, 5.41) is 0.721. The van der Waals surface area contributed by atoms with Crippen LogP contribution in [0.4, 0.5) is 5.69 Å². The number of hydrogen-bond acceptors (Lipinski definition) is 8. The van der Waals surface area contributed by atoms with Gasteiger partial charge in [-0.15, -0.1) is 0 Å². The Bertz CT molecular complexity index is 1120. The second-order valence-electron chi connectivity index (χ2n) is 7.65. The van der Waals surface area contributed by atoms with E-state index in [0.29, 0.717) is 16.4 Å². The molecule has 2 aliphatic heterocycles. The summed E-state index contributed by atoms with van der Waals surface area (Å²) >= 11 is 1.37. The third-order valence-corrected chi connectivity index (χ3v) is 6.50. The van der Waals surface area contributed by atoms with Gasteiger partial charge in [0.1, 0.15) is 5.75 Å². The molecule has 1 saturated heterocycles. The number of piperazine rings is 1. The number of amides is 2. The molecule has 2 N–H and O–H groups in total. The van der Waals surface area contributed by atoms with Crippen LogP contribution in [-0.4, -0.2) is 68.9 Å². The summed E-state index contributed by atoms with van der Waals surface area (Å²) < 4.78 is 15.9. The summed E-state index contributed by atoms with van der Waals surface area (Å²) in [6.07, 6.45) is 1.78. The Labute approximate surface area is 202 Å². The van der Waals surface area contributed by atoms with Gasteiger partial charge < -0.3 is 29.7 Å². The number of carbonyl (C=O) groups excluding carboxylic acids is 2. The molecule has 178 valence electrons. The van der Waals surface area contributed by atoms with Gasteiger partial charge in [0.15, 0.2) is 23.3 Å². The van der Waals surface area contributed by atoms with Crippen molar-refractivity contribution in [3.05, 3.63) is 52.9 Å². The van der Waals surface area contributed by atoms with Crippen molar-refractivity contribution in [2.75, 3.05) is 51.9 Å². The van der Waals surface area contributed by atoms with Crippen LogP contribution in [0.2, 0.25) is 0 Å². The van der Waals surface area contributed by atoms with Crippen LogP contribution in [0.1, 0.15) is 5.56 Å². The van der Waals surface area contributed by atoms with Crippen molar-refractivity contribution in [1.29, 1.82) is 0 Å². The molecule has 2 aromatic rings. The highest BCUT2D eigenvalue weighted by atomic mass is 32.2. The molecule has 0 spiro atoms. The van der Waals surface area contributed by atoms with Gasteiger partial charge in [-0.2, -0.15) is 4.99 Å². The van der Waals surface area contributed by atoms with Crippen LogP contribution in [-0.2, 0) is 9.59 Å². The first-order valence-electron chi connectivity index (χ1n) is 10.7. The standard InChI is InChI=1S/C24H26N4O5S/c1-31-18-6-4-17(5-7-18)27-9-11-28(12-10-27)24-26-23(30)21(34-24)14-16-3-8-19(20(13-16)32-2)33-15-22(25)29/h3-8,13-14H,9-12,15H2,1-2H3,(H2,25,29)/b21-14-. The summed E-state index contributed by atoms with van der Waals surface area (Å²) in [6, 6.07) is 13.2. The summed E-state index contributed by atoms with van der Waals surface area (Å²) in [4.78, 5) is 32.8. The van der Waals surface area contributed by atoms with E-state index in [0.717, 1.165) is 48.3 Å². The van der Waals surface area contributed by atoms with Crippen LogP contribution < -0.4 is 24.8 Å². The zero-order valence-electron chi connectivity index (χ0n) is 19.0. The van der Waals surface area contributed by atoms with Crippen molar-refractivity contribution < 1.29 is 23.8 Å². The van der Waals surface area contributed by atoms with E-state index in [1.54, 1.807) is 31.4 Å². The van der Waals surface area contributed by atoms with Crippen LogP contribution in [0.15, 0.2) is 52.4 Å². The fourth-order valence-electron chi connectivity index (χ4n) is 3.68. The number of nitrogens with two attached hydrogens (primary N) is 1. The lowest BCUT2D eigenvalue weighted by Crippen LogP contribution is -2.47. The van der Waals surface area contributed by atoms with Crippen molar-refractivity contribution in [3.63, 3.8) is 0 Å². The van der Waals surface area contributed by atoms with Crippen LogP contribution in [0.3, 0.4) is 0 Å². The van der Waals surface area contributed by atoms with Gasteiger partial charge in [-0.05, 0) is 59.8 Å². The molecule has 0 aliphatic carbocycles. The summed E-state index contributed by atoms with van der Waals surface area (Å²) in [5.41, 5.74) is 7.04. The summed E-state index contributed by atoms with van der Waals surface area (Å²) in [6.45, 7) is 2.98. The van der Waals surface area contributed by atoms with Gasteiger partial charge in [0, 0.05) is 31.9 Å². The average Bonchev–Trinajstić information content (AvgIpc) is 3.23. The Morgan fingerprint density at radius 3 is 2.38 bits per heavy atom. The Kier molecular flexibility index (Phi) is 7.27. The van der Waals surface area contributed by atoms with Crippen molar-refractivity contribution >= 4 is 40.5 Å². The molecule has 1 fully saturated rings. The number of ether oxygens (including phenoxy) is 3. The first-order chi connectivity index (χ1) is 16.5. The molecule has 0 unspecified atom stereocenters. The second-order valence-corrected chi connectivity index (χ2v) is 8.66. The van der Waals surface area contributed by atoms with Gasteiger partial charge in [0.2, 0.25) is 0 Å².